The van der Waals surface area contributed by atoms with Gasteiger partial charge in [0.15, 0.2) is 0 Å². The minimum Gasteiger partial charge on any atom is -0.288 e. The Morgan fingerprint density at radius 1 is 0.233 bits per heavy atom. The number of benzene rings is 10. The first-order valence-corrected chi connectivity index (χ1v) is 19.0. The van der Waals surface area contributed by atoms with Crippen molar-refractivity contribution in [2.24, 2.45) is 0 Å². The molecule has 0 fully saturated rings. The van der Waals surface area contributed by atoms with E-state index in [1.807, 2.05) is 0 Å². The number of imide groups is 4. The van der Waals surface area contributed by atoms with Gasteiger partial charge in [-0.25, -0.2) is 0 Å². The van der Waals surface area contributed by atoms with Crippen LogP contribution in [0.15, 0.2) is 97.1 Å². The predicted octanol–water partition coefficient (Wildman–Crippen LogP) is 7.36. The zero-order chi connectivity index (χ0) is 40.4. The summed E-state index contributed by atoms with van der Waals surface area (Å²) < 4.78 is 0. The van der Waals surface area contributed by atoms with Gasteiger partial charge in [-0.05, 0) is 113 Å². The maximum atomic E-state index is 14.7. The highest BCUT2D eigenvalue weighted by Gasteiger charge is 2.46. The van der Waals surface area contributed by atoms with Crippen molar-refractivity contribution in [3.05, 3.63) is 142 Å². The van der Waals surface area contributed by atoms with Gasteiger partial charge in [-0.15, -0.1) is 0 Å². The van der Waals surface area contributed by atoms with Crippen LogP contribution < -0.4 is 10.6 Å². The number of nitrogens with one attached hydrogen (secondary N) is 2. The quantitative estimate of drug-likeness (QED) is 0.0991. The van der Waals surface area contributed by atoms with Gasteiger partial charge in [0.25, 0.3) is 47.3 Å². The van der Waals surface area contributed by atoms with E-state index in [2.05, 4.69) is 10.6 Å². The fourth-order valence-corrected chi connectivity index (χ4v) is 10.7. The number of hydrogen-bond acceptors (Lipinski definition) is 8. The molecule has 0 unspecified atom stereocenters. The number of hydrazine groups is 1. The Hall–Kier alpha value is -8.64. The Morgan fingerprint density at radius 2 is 0.417 bits per heavy atom. The normalized spacial score (nSPS) is 16.1. The van der Waals surface area contributed by atoms with Gasteiger partial charge in [0, 0.05) is 43.8 Å². The number of fused-ring (bicyclic) bond motifs is 4. The topological polar surface area (TPSA) is 167 Å². The average Bonchev–Trinajstić information content (AvgIpc) is 3.25. The van der Waals surface area contributed by atoms with Gasteiger partial charge in [-0.2, -0.15) is 10.0 Å². The van der Waals surface area contributed by atoms with Crippen molar-refractivity contribution in [3.8, 4) is 0 Å². The smallest absolute Gasteiger partial charge is 0.281 e. The van der Waals surface area contributed by atoms with E-state index < -0.39 is 47.3 Å². The summed E-state index contributed by atoms with van der Waals surface area (Å²) >= 11 is 0. The van der Waals surface area contributed by atoms with Gasteiger partial charge in [0.2, 0.25) is 0 Å². The first-order valence-electron chi connectivity index (χ1n) is 19.0. The van der Waals surface area contributed by atoms with Crippen LogP contribution in [0.2, 0.25) is 0 Å². The molecular formula is C48H18N4O8. The van der Waals surface area contributed by atoms with Crippen LogP contribution >= 0.6 is 0 Å². The summed E-state index contributed by atoms with van der Waals surface area (Å²) in [6.07, 6.45) is 0. The van der Waals surface area contributed by atoms with Crippen LogP contribution in [0.1, 0.15) is 82.9 Å². The van der Waals surface area contributed by atoms with E-state index in [9.17, 15) is 38.4 Å². The molecule has 4 heterocycles. The third kappa shape index (κ3) is 3.29. The molecule has 60 heavy (non-hydrogen) atoms. The van der Waals surface area contributed by atoms with Crippen molar-refractivity contribution in [3.63, 3.8) is 0 Å². The van der Waals surface area contributed by atoms with Crippen LogP contribution in [0.4, 0.5) is 0 Å². The lowest BCUT2D eigenvalue weighted by Gasteiger charge is -2.37. The molecular weight excluding hydrogens is 761 g/mol. The third-order valence-corrected chi connectivity index (χ3v) is 13.1. The molecule has 0 atom stereocenters. The number of carbonyl (C=O) groups excluding carboxylic acids is 8. The van der Waals surface area contributed by atoms with Crippen molar-refractivity contribution < 1.29 is 38.4 Å². The molecule has 14 rings (SSSR count). The first-order chi connectivity index (χ1) is 29.1. The number of nitrogens with zero attached hydrogens (tertiary/aromatic N) is 2. The molecule has 10 aromatic rings. The van der Waals surface area contributed by atoms with Gasteiger partial charge in [0.05, 0.1) is 22.3 Å². The molecule has 12 heteroatoms. The van der Waals surface area contributed by atoms with E-state index in [0.717, 1.165) is 21.5 Å². The van der Waals surface area contributed by atoms with Gasteiger partial charge in [0.1, 0.15) is 0 Å². The Morgan fingerprint density at radius 3 is 0.633 bits per heavy atom. The molecule has 0 spiro atoms. The first kappa shape index (κ1) is 31.4. The number of carbonyl (C=O) groups is 8. The molecule has 10 aromatic carbocycles. The molecule has 0 aromatic heterocycles. The Labute approximate surface area is 333 Å². The second-order valence-electron chi connectivity index (χ2n) is 15.7. The van der Waals surface area contributed by atoms with Crippen molar-refractivity contribution in [1.82, 2.24) is 20.7 Å². The monoisotopic (exact) mass is 778 g/mol. The summed E-state index contributed by atoms with van der Waals surface area (Å²) in [7, 11) is 0. The fraction of sp³-hybridized carbons (Fsp3) is 0. The summed E-state index contributed by atoms with van der Waals surface area (Å²) in [6.45, 7) is 0. The van der Waals surface area contributed by atoms with Crippen molar-refractivity contribution in [1.29, 1.82) is 0 Å². The lowest BCUT2D eigenvalue weighted by Crippen LogP contribution is -2.58. The largest absolute Gasteiger partial charge is 0.288 e. The summed E-state index contributed by atoms with van der Waals surface area (Å²) in [6, 6.07) is 27.2. The highest BCUT2D eigenvalue weighted by atomic mass is 16.2. The standard InChI is InChI=1S/C48H18N4O8/c53-41-25-9-1-17-21-5-13-29-39-30(14-6-22(35(21)39)18-2-10-26(42(54)49-41)37(25)33(17)18)46(58)51(45(29)57)52-47(59)31-15-7-23-19-3-11-27-38-28(44(56)50-43(27)55)12-4-20(34(19)38)24-8-16-32(48(52)60)40(31)36(23)24/h1-16H,(H,49,53,54)(H,50,55,56). The van der Waals surface area contributed by atoms with Crippen LogP contribution in [0, 0.1) is 0 Å². The zero-order valence-corrected chi connectivity index (χ0v) is 30.4. The molecule has 12 nitrogen and oxygen atoms in total. The van der Waals surface area contributed by atoms with E-state index in [1.165, 1.54) is 0 Å². The summed E-state index contributed by atoms with van der Waals surface area (Å²) in [4.78, 5) is 110. The summed E-state index contributed by atoms with van der Waals surface area (Å²) in [5.41, 5.74) is 1.96. The molecule has 0 radical (unpaired) electrons. The summed E-state index contributed by atoms with van der Waals surface area (Å²) in [5.74, 6) is -5.36. The summed E-state index contributed by atoms with van der Waals surface area (Å²) in [5, 5.41) is 16.3. The lowest BCUT2D eigenvalue weighted by atomic mass is 9.82. The maximum absolute atomic E-state index is 14.7. The molecule has 0 saturated carbocycles. The predicted molar refractivity (Wildman–Crippen MR) is 220 cm³/mol. The van der Waals surface area contributed by atoms with E-state index in [1.54, 1.807) is 97.1 Å². The third-order valence-electron chi connectivity index (χ3n) is 13.1. The van der Waals surface area contributed by atoms with Gasteiger partial charge < -0.3 is 0 Å². The number of rotatable bonds is 1. The molecule has 278 valence electrons. The van der Waals surface area contributed by atoms with Gasteiger partial charge in [-0.3, -0.25) is 49.0 Å². The lowest BCUT2D eigenvalue weighted by molar-refractivity contribution is 0.00213. The Bertz CT molecular complexity index is 3520. The molecule has 4 aliphatic heterocycles. The highest BCUT2D eigenvalue weighted by Crippen LogP contribution is 2.48. The Balaban J connectivity index is 0.955. The molecule has 8 amide bonds. The van der Waals surface area contributed by atoms with Crippen LogP contribution in [0.3, 0.4) is 0 Å². The number of hydrogen-bond donors (Lipinski definition) is 2. The second kappa shape index (κ2) is 9.89. The minimum atomic E-state index is -0.850. The van der Waals surface area contributed by atoms with Crippen LogP contribution in [0.25, 0.3) is 86.2 Å². The Kier molecular flexibility index (Phi) is 5.19. The van der Waals surface area contributed by atoms with Crippen LogP contribution in [0.5, 0.6) is 0 Å². The van der Waals surface area contributed by atoms with Gasteiger partial charge in [-0.1, -0.05) is 48.5 Å². The van der Waals surface area contributed by atoms with E-state index in [-0.39, 0.29) is 22.3 Å². The van der Waals surface area contributed by atoms with Crippen molar-refractivity contribution in [2.45, 2.75) is 0 Å². The fourth-order valence-electron chi connectivity index (χ4n) is 10.7. The highest BCUT2D eigenvalue weighted by molar-refractivity contribution is 6.44. The molecule has 0 bridgehead atoms. The van der Waals surface area contributed by atoms with Gasteiger partial charge >= 0.3 is 0 Å². The molecule has 0 aliphatic carbocycles. The maximum Gasteiger partial charge on any atom is 0.281 e. The number of amides is 8. The van der Waals surface area contributed by atoms with Crippen LogP contribution in [-0.2, 0) is 0 Å². The van der Waals surface area contributed by atoms with Crippen molar-refractivity contribution >= 4 is 133 Å². The minimum absolute atomic E-state index is 0.120. The van der Waals surface area contributed by atoms with E-state index >= 15 is 0 Å². The zero-order valence-electron chi connectivity index (χ0n) is 30.4. The van der Waals surface area contributed by atoms with E-state index in [0.29, 0.717) is 96.9 Å². The second-order valence-corrected chi connectivity index (χ2v) is 15.7. The average molecular weight is 779 g/mol. The van der Waals surface area contributed by atoms with E-state index in [4.69, 9.17) is 0 Å². The molecule has 0 saturated heterocycles. The molecule has 2 N–H and O–H groups in total. The van der Waals surface area contributed by atoms with Crippen LogP contribution in [-0.4, -0.2) is 57.3 Å². The molecule has 4 aliphatic rings. The SMILES string of the molecule is O=C1NC(=O)c2ccc3c4ccc5c6c(ccc(c7ccc1c2c73)c64)C(=O)N(N1C(=O)c2ccc3c4ccc6c7c(ccc(c8ccc(c2c38)C1=O)c74)C(=O)NC6=O)C5=O. The van der Waals surface area contributed by atoms with Crippen molar-refractivity contribution in [2.75, 3.05) is 0 Å².